The summed E-state index contributed by atoms with van der Waals surface area (Å²) in [6.45, 7) is 10.9. The van der Waals surface area contributed by atoms with Crippen molar-refractivity contribution >= 4 is 5.97 Å². The lowest BCUT2D eigenvalue weighted by Gasteiger charge is -2.29. The van der Waals surface area contributed by atoms with Crippen molar-refractivity contribution in [1.29, 1.82) is 0 Å². The molecule has 0 spiro atoms. The highest BCUT2D eigenvalue weighted by Gasteiger charge is 2.35. The Bertz CT molecular complexity index is 243. The molecule has 0 aromatic heterocycles. The van der Waals surface area contributed by atoms with E-state index in [2.05, 4.69) is 5.32 Å². The summed E-state index contributed by atoms with van der Waals surface area (Å²) >= 11 is 0. The van der Waals surface area contributed by atoms with Crippen LogP contribution in [0.5, 0.6) is 0 Å². The zero-order valence-electron chi connectivity index (χ0n) is 12.4. The number of ether oxygens (including phenoxy) is 3. The van der Waals surface area contributed by atoms with Gasteiger partial charge in [-0.3, -0.25) is 5.32 Å². The third-order valence-electron chi connectivity index (χ3n) is 2.31. The summed E-state index contributed by atoms with van der Waals surface area (Å²) in [4.78, 5) is 11.7. The zero-order chi connectivity index (χ0) is 14.2. The maximum Gasteiger partial charge on any atom is 0.328 e. The second-order valence-corrected chi connectivity index (χ2v) is 5.09. The standard InChI is InChI=1S/C13H27NO4/c1-10(2)14-13(5,12(15)16-6)9-17-7-8-18-11(3)4/h10-11,14H,7-9H2,1-6H3. The van der Waals surface area contributed by atoms with Gasteiger partial charge in [0.15, 0.2) is 0 Å². The van der Waals surface area contributed by atoms with Crippen LogP contribution >= 0.6 is 0 Å². The lowest BCUT2D eigenvalue weighted by molar-refractivity contribution is -0.151. The van der Waals surface area contributed by atoms with E-state index in [1.165, 1.54) is 7.11 Å². The number of methoxy groups -OCH3 is 1. The van der Waals surface area contributed by atoms with E-state index in [1.807, 2.05) is 27.7 Å². The second kappa shape index (κ2) is 8.45. The molecule has 0 aliphatic heterocycles. The van der Waals surface area contributed by atoms with Gasteiger partial charge >= 0.3 is 5.97 Å². The van der Waals surface area contributed by atoms with Gasteiger partial charge in [0.1, 0.15) is 5.54 Å². The third kappa shape index (κ3) is 6.93. The molecule has 1 N–H and O–H groups in total. The van der Waals surface area contributed by atoms with Crippen LogP contribution in [0.2, 0.25) is 0 Å². The van der Waals surface area contributed by atoms with E-state index in [0.717, 1.165) is 0 Å². The molecule has 0 radical (unpaired) electrons. The molecular formula is C13H27NO4. The largest absolute Gasteiger partial charge is 0.468 e. The van der Waals surface area contributed by atoms with Gasteiger partial charge in [0.25, 0.3) is 0 Å². The fraction of sp³-hybridized carbons (Fsp3) is 0.923. The van der Waals surface area contributed by atoms with Crippen molar-refractivity contribution in [1.82, 2.24) is 5.32 Å². The molecule has 1 unspecified atom stereocenters. The first kappa shape index (κ1) is 17.4. The smallest absolute Gasteiger partial charge is 0.328 e. The van der Waals surface area contributed by atoms with Crippen LogP contribution in [0, 0.1) is 0 Å². The van der Waals surface area contributed by atoms with Crippen molar-refractivity contribution < 1.29 is 19.0 Å². The van der Waals surface area contributed by atoms with Crippen molar-refractivity contribution in [3.63, 3.8) is 0 Å². The van der Waals surface area contributed by atoms with E-state index in [0.29, 0.717) is 13.2 Å². The van der Waals surface area contributed by atoms with Gasteiger partial charge in [-0.1, -0.05) is 0 Å². The Morgan fingerprint density at radius 2 is 1.83 bits per heavy atom. The number of esters is 1. The molecule has 0 rings (SSSR count). The van der Waals surface area contributed by atoms with Gasteiger partial charge in [0, 0.05) is 6.04 Å². The molecule has 0 amide bonds. The normalized spacial score (nSPS) is 14.9. The number of rotatable bonds is 9. The highest BCUT2D eigenvalue weighted by Crippen LogP contribution is 2.09. The number of carbonyl (C=O) groups is 1. The van der Waals surface area contributed by atoms with E-state index in [4.69, 9.17) is 14.2 Å². The number of hydrogen-bond donors (Lipinski definition) is 1. The Balaban J connectivity index is 4.13. The molecule has 0 bridgehead atoms. The van der Waals surface area contributed by atoms with Crippen LogP contribution in [0.4, 0.5) is 0 Å². The molecule has 0 aromatic carbocycles. The summed E-state index contributed by atoms with van der Waals surface area (Å²) in [5.41, 5.74) is -0.819. The molecule has 108 valence electrons. The Kier molecular flexibility index (Phi) is 8.15. The van der Waals surface area contributed by atoms with E-state index in [9.17, 15) is 4.79 Å². The van der Waals surface area contributed by atoms with Crippen LogP contribution in [0.3, 0.4) is 0 Å². The highest BCUT2D eigenvalue weighted by molar-refractivity contribution is 5.80. The van der Waals surface area contributed by atoms with Crippen LogP contribution in [0.15, 0.2) is 0 Å². The molecular weight excluding hydrogens is 234 g/mol. The topological polar surface area (TPSA) is 56.8 Å². The molecule has 0 heterocycles. The second-order valence-electron chi connectivity index (χ2n) is 5.09. The van der Waals surface area contributed by atoms with Crippen LogP contribution in [-0.4, -0.2) is 50.6 Å². The van der Waals surface area contributed by atoms with Gasteiger partial charge in [0.2, 0.25) is 0 Å². The molecule has 18 heavy (non-hydrogen) atoms. The van der Waals surface area contributed by atoms with Gasteiger partial charge < -0.3 is 14.2 Å². The molecule has 0 aliphatic rings. The summed E-state index contributed by atoms with van der Waals surface area (Å²) in [7, 11) is 1.38. The fourth-order valence-electron chi connectivity index (χ4n) is 1.64. The van der Waals surface area contributed by atoms with Crippen molar-refractivity contribution in [3.05, 3.63) is 0 Å². The minimum Gasteiger partial charge on any atom is -0.468 e. The predicted octanol–water partition coefficient (Wildman–Crippen LogP) is 1.36. The Hall–Kier alpha value is -0.650. The molecule has 0 saturated heterocycles. The van der Waals surface area contributed by atoms with Crippen LogP contribution < -0.4 is 5.32 Å². The van der Waals surface area contributed by atoms with Crippen molar-refractivity contribution in [2.45, 2.75) is 52.3 Å². The molecule has 0 fully saturated rings. The van der Waals surface area contributed by atoms with Gasteiger partial charge in [-0.05, 0) is 34.6 Å². The number of carbonyl (C=O) groups excluding carboxylic acids is 1. The maximum atomic E-state index is 11.7. The summed E-state index contributed by atoms with van der Waals surface area (Å²) in [5, 5.41) is 3.17. The fourth-order valence-corrected chi connectivity index (χ4v) is 1.64. The minimum atomic E-state index is -0.819. The van der Waals surface area contributed by atoms with Crippen LogP contribution in [0.25, 0.3) is 0 Å². The molecule has 0 aromatic rings. The minimum absolute atomic E-state index is 0.171. The van der Waals surface area contributed by atoms with Gasteiger partial charge in [-0.15, -0.1) is 0 Å². The van der Waals surface area contributed by atoms with Crippen molar-refractivity contribution in [3.8, 4) is 0 Å². The summed E-state index contributed by atoms with van der Waals surface area (Å²) in [6.07, 6.45) is 0.189. The van der Waals surface area contributed by atoms with E-state index in [-0.39, 0.29) is 24.7 Å². The van der Waals surface area contributed by atoms with E-state index in [1.54, 1.807) is 6.92 Å². The average molecular weight is 261 g/mol. The van der Waals surface area contributed by atoms with Crippen LogP contribution in [-0.2, 0) is 19.0 Å². The number of hydrogen-bond acceptors (Lipinski definition) is 5. The summed E-state index contributed by atoms with van der Waals surface area (Å²) < 4.78 is 15.6. The Labute approximate surface area is 110 Å². The first-order chi connectivity index (χ1) is 8.31. The molecule has 5 nitrogen and oxygen atoms in total. The van der Waals surface area contributed by atoms with Gasteiger partial charge in [-0.25, -0.2) is 4.79 Å². The van der Waals surface area contributed by atoms with E-state index >= 15 is 0 Å². The van der Waals surface area contributed by atoms with Gasteiger partial charge in [0.05, 0.1) is 33.0 Å². The third-order valence-corrected chi connectivity index (χ3v) is 2.31. The Morgan fingerprint density at radius 1 is 1.22 bits per heavy atom. The monoisotopic (exact) mass is 261 g/mol. The first-order valence-electron chi connectivity index (χ1n) is 6.37. The molecule has 5 heteroatoms. The predicted molar refractivity (Wildman–Crippen MR) is 70.6 cm³/mol. The Morgan fingerprint density at radius 3 is 2.28 bits per heavy atom. The van der Waals surface area contributed by atoms with Crippen molar-refractivity contribution in [2.24, 2.45) is 0 Å². The van der Waals surface area contributed by atoms with Crippen LogP contribution in [0.1, 0.15) is 34.6 Å². The van der Waals surface area contributed by atoms with Gasteiger partial charge in [-0.2, -0.15) is 0 Å². The van der Waals surface area contributed by atoms with E-state index < -0.39 is 5.54 Å². The zero-order valence-corrected chi connectivity index (χ0v) is 12.4. The SMILES string of the molecule is COC(=O)C(C)(COCCOC(C)C)NC(C)C. The summed E-state index contributed by atoms with van der Waals surface area (Å²) in [6, 6.07) is 0.171. The lowest BCUT2D eigenvalue weighted by Crippen LogP contribution is -2.56. The number of nitrogens with one attached hydrogen (secondary N) is 1. The summed E-state index contributed by atoms with van der Waals surface area (Å²) in [5.74, 6) is -0.319. The quantitative estimate of drug-likeness (QED) is 0.501. The average Bonchev–Trinajstić information content (AvgIpc) is 2.26. The highest BCUT2D eigenvalue weighted by atomic mass is 16.5. The molecule has 0 aliphatic carbocycles. The molecule has 1 atom stereocenters. The maximum absolute atomic E-state index is 11.7. The van der Waals surface area contributed by atoms with Crippen molar-refractivity contribution in [2.75, 3.05) is 26.9 Å². The first-order valence-corrected chi connectivity index (χ1v) is 6.37. The molecule has 0 saturated carbocycles. The lowest BCUT2D eigenvalue weighted by atomic mass is 10.0.